The predicted molar refractivity (Wildman–Crippen MR) is 73.4 cm³/mol. The summed E-state index contributed by atoms with van der Waals surface area (Å²) in [6.07, 6.45) is 2.56. The largest absolute Gasteiger partial charge is 0.467 e. The average Bonchev–Trinajstić information content (AvgIpc) is 2.84. The lowest BCUT2D eigenvalue weighted by atomic mass is 9.98. The van der Waals surface area contributed by atoms with Crippen molar-refractivity contribution in [3.8, 4) is 0 Å². The molecule has 0 aliphatic carbocycles. The molecule has 1 aromatic heterocycles. The fourth-order valence-electron chi connectivity index (χ4n) is 2.54. The molecule has 0 bridgehead atoms. The molecule has 5 nitrogen and oxygen atoms in total. The van der Waals surface area contributed by atoms with Crippen LogP contribution in [0.2, 0.25) is 0 Å². The monoisotopic (exact) mass is 265 g/mol. The van der Waals surface area contributed by atoms with E-state index in [-0.39, 0.29) is 17.5 Å². The Morgan fingerprint density at radius 2 is 2.26 bits per heavy atom. The fraction of sp³-hybridized carbons (Fsp3) is 0.643. The van der Waals surface area contributed by atoms with Crippen molar-refractivity contribution in [2.24, 2.45) is 5.73 Å². The minimum atomic E-state index is -0.239. The number of carbonyl (C=O) groups excluding carboxylic acids is 1. The van der Waals surface area contributed by atoms with Crippen molar-refractivity contribution < 1.29 is 9.21 Å². The van der Waals surface area contributed by atoms with Gasteiger partial charge in [0.1, 0.15) is 11.8 Å². The van der Waals surface area contributed by atoms with Crippen molar-refractivity contribution in [3.63, 3.8) is 0 Å². The molecule has 5 heteroatoms. The summed E-state index contributed by atoms with van der Waals surface area (Å²) in [5.74, 6) is 0.894. The Labute approximate surface area is 114 Å². The smallest absolute Gasteiger partial charge is 0.242 e. The Morgan fingerprint density at radius 3 is 2.84 bits per heavy atom. The molecule has 1 aliphatic heterocycles. The molecular formula is C14H23N3O2. The van der Waals surface area contributed by atoms with Crippen LogP contribution >= 0.6 is 0 Å². The number of furan rings is 1. The highest BCUT2D eigenvalue weighted by Gasteiger charge is 2.39. The Balaban J connectivity index is 2.27. The van der Waals surface area contributed by atoms with Crippen molar-refractivity contribution in [3.05, 3.63) is 24.2 Å². The van der Waals surface area contributed by atoms with Gasteiger partial charge >= 0.3 is 0 Å². The first-order valence-corrected chi connectivity index (χ1v) is 6.70. The van der Waals surface area contributed by atoms with Gasteiger partial charge in [0, 0.05) is 18.6 Å². The molecule has 2 heterocycles. The van der Waals surface area contributed by atoms with E-state index in [1.54, 1.807) is 6.26 Å². The fourth-order valence-corrected chi connectivity index (χ4v) is 2.54. The van der Waals surface area contributed by atoms with E-state index in [1.807, 2.05) is 29.0 Å². The molecule has 19 heavy (non-hydrogen) atoms. The molecule has 1 fully saturated rings. The van der Waals surface area contributed by atoms with Gasteiger partial charge in [-0.3, -0.25) is 9.69 Å². The van der Waals surface area contributed by atoms with Gasteiger partial charge in [-0.25, -0.2) is 0 Å². The van der Waals surface area contributed by atoms with Crippen LogP contribution in [0.4, 0.5) is 0 Å². The molecule has 0 saturated carbocycles. The topological polar surface area (TPSA) is 62.7 Å². The van der Waals surface area contributed by atoms with Crippen LogP contribution in [-0.2, 0) is 11.3 Å². The molecule has 1 amide bonds. The minimum Gasteiger partial charge on any atom is -0.467 e. The van der Waals surface area contributed by atoms with E-state index < -0.39 is 0 Å². The molecule has 2 rings (SSSR count). The number of nitrogens with two attached hydrogens (primary N) is 1. The summed E-state index contributed by atoms with van der Waals surface area (Å²) < 4.78 is 5.38. The van der Waals surface area contributed by atoms with Crippen molar-refractivity contribution in [2.75, 3.05) is 20.1 Å². The Kier molecular flexibility index (Phi) is 3.96. The molecule has 1 saturated heterocycles. The van der Waals surface area contributed by atoms with Crippen molar-refractivity contribution in [2.45, 2.75) is 38.4 Å². The maximum atomic E-state index is 12.7. The summed E-state index contributed by atoms with van der Waals surface area (Å²) in [4.78, 5) is 16.6. The van der Waals surface area contributed by atoms with E-state index in [9.17, 15) is 4.79 Å². The number of hydrogen-bond acceptors (Lipinski definition) is 4. The molecule has 2 N–H and O–H groups in total. The van der Waals surface area contributed by atoms with Crippen molar-refractivity contribution in [1.82, 2.24) is 9.80 Å². The van der Waals surface area contributed by atoms with E-state index in [0.717, 1.165) is 18.7 Å². The molecule has 1 atom stereocenters. The second-order valence-electron chi connectivity index (χ2n) is 5.80. The van der Waals surface area contributed by atoms with Crippen LogP contribution in [0.3, 0.4) is 0 Å². The molecule has 1 aliphatic rings. The summed E-state index contributed by atoms with van der Waals surface area (Å²) >= 11 is 0. The molecule has 0 radical (unpaired) electrons. The maximum Gasteiger partial charge on any atom is 0.242 e. The molecule has 106 valence electrons. The lowest BCUT2D eigenvalue weighted by Crippen LogP contribution is -2.52. The van der Waals surface area contributed by atoms with Gasteiger partial charge in [0.15, 0.2) is 0 Å². The van der Waals surface area contributed by atoms with Gasteiger partial charge in [0.05, 0.1) is 12.8 Å². The highest BCUT2D eigenvalue weighted by atomic mass is 16.3. The van der Waals surface area contributed by atoms with Gasteiger partial charge < -0.3 is 15.1 Å². The number of rotatable bonds is 3. The first kappa shape index (κ1) is 14.1. The van der Waals surface area contributed by atoms with Gasteiger partial charge in [-0.15, -0.1) is 0 Å². The lowest BCUT2D eigenvalue weighted by molar-refractivity contribution is -0.140. The zero-order chi connectivity index (χ0) is 14.0. The molecule has 0 aromatic carbocycles. The summed E-state index contributed by atoms with van der Waals surface area (Å²) in [6, 6.07) is 3.50. The van der Waals surface area contributed by atoms with Crippen LogP contribution in [0.25, 0.3) is 0 Å². The summed E-state index contributed by atoms with van der Waals surface area (Å²) in [5.41, 5.74) is 5.57. The van der Waals surface area contributed by atoms with Gasteiger partial charge in [-0.05, 0) is 39.4 Å². The summed E-state index contributed by atoms with van der Waals surface area (Å²) in [7, 11) is 1.96. The van der Waals surface area contributed by atoms with Crippen molar-refractivity contribution >= 4 is 5.91 Å². The van der Waals surface area contributed by atoms with Crippen LogP contribution in [-0.4, -0.2) is 47.4 Å². The Morgan fingerprint density at radius 1 is 1.53 bits per heavy atom. The van der Waals surface area contributed by atoms with E-state index in [0.29, 0.717) is 13.1 Å². The number of amides is 1. The van der Waals surface area contributed by atoms with E-state index in [1.165, 1.54) is 0 Å². The first-order valence-electron chi connectivity index (χ1n) is 6.70. The number of likely N-dealkylation sites (N-methyl/N-ethyl adjacent to an activating group) is 1. The Bertz CT molecular complexity index is 428. The highest BCUT2D eigenvalue weighted by Crippen LogP contribution is 2.27. The van der Waals surface area contributed by atoms with Gasteiger partial charge in [0.2, 0.25) is 5.91 Å². The minimum absolute atomic E-state index is 0.0869. The molecule has 0 spiro atoms. The van der Waals surface area contributed by atoms with Gasteiger partial charge in [-0.2, -0.15) is 0 Å². The van der Waals surface area contributed by atoms with Crippen LogP contribution in [0, 0.1) is 0 Å². The zero-order valence-corrected chi connectivity index (χ0v) is 11.9. The molecular weight excluding hydrogens is 242 g/mol. The number of carbonyl (C=O) groups is 1. The quantitative estimate of drug-likeness (QED) is 0.887. The van der Waals surface area contributed by atoms with Crippen LogP contribution in [0.15, 0.2) is 22.8 Å². The van der Waals surface area contributed by atoms with Crippen LogP contribution in [0.5, 0.6) is 0 Å². The van der Waals surface area contributed by atoms with Gasteiger partial charge in [-0.1, -0.05) is 0 Å². The summed E-state index contributed by atoms with van der Waals surface area (Å²) in [6.45, 7) is 5.92. The predicted octanol–water partition coefficient (Wildman–Crippen LogP) is 1.05. The molecule has 1 unspecified atom stereocenters. The second kappa shape index (κ2) is 5.35. The normalized spacial score (nSPS) is 24.5. The van der Waals surface area contributed by atoms with Crippen LogP contribution in [0.1, 0.15) is 26.0 Å². The third-order valence-electron chi connectivity index (χ3n) is 4.01. The number of hydrogen-bond donors (Lipinski definition) is 1. The Hall–Kier alpha value is -1.33. The highest BCUT2D eigenvalue weighted by molar-refractivity contribution is 5.83. The third kappa shape index (κ3) is 2.82. The maximum absolute atomic E-state index is 12.7. The van der Waals surface area contributed by atoms with Crippen LogP contribution < -0.4 is 5.73 Å². The van der Waals surface area contributed by atoms with Crippen molar-refractivity contribution in [1.29, 1.82) is 0 Å². The van der Waals surface area contributed by atoms with Gasteiger partial charge in [0.25, 0.3) is 0 Å². The van der Waals surface area contributed by atoms with E-state index >= 15 is 0 Å². The average molecular weight is 265 g/mol. The lowest BCUT2D eigenvalue weighted by Gasteiger charge is -2.37. The third-order valence-corrected chi connectivity index (χ3v) is 4.01. The first-order chi connectivity index (χ1) is 8.95. The molecule has 1 aromatic rings. The number of nitrogens with zero attached hydrogens (tertiary/aromatic N) is 2. The second-order valence-corrected chi connectivity index (χ2v) is 5.80. The standard InChI is InChI=1S/C14H23N3O2/c1-14(2)6-7-16(3)12(9-15)13(18)17(14)10-11-5-4-8-19-11/h4-5,8,12H,6-7,9-10,15H2,1-3H3. The summed E-state index contributed by atoms with van der Waals surface area (Å²) in [5, 5.41) is 0. The SMILES string of the molecule is CN1CCC(C)(C)N(Cc2ccco2)C(=O)C1CN. The zero-order valence-electron chi connectivity index (χ0n) is 11.9. The van der Waals surface area contributed by atoms with E-state index in [4.69, 9.17) is 10.2 Å². The van der Waals surface area contributed by atoms with E-state index in [2.05, 4.69) is 13.8 Å².